The molecule has 0 N–H and O–H groups in total. The number of para-hydroxylation sites is 1. The summed E-state index contributed by atoms with van der Waals surface area (Å²) in [7, 11) is 1.44. The van der Waals surface area contributed by atoms with E-state index in [9.17, 15) is 9.59 Å². The van der Waals surface area contributed by atoms with Crippen molar-refractivity contribution in [1.82, 2.24) is 9.78 Å². The molecule has 0 unspecified atom stereocenters. The minimum absolute atomic E-state index is 0.164. The summed E-state index contributed by atoms with van der Waals surface area (Å²) >= 11 is 0. The Labute approximate surface area is 132 Å². The van der Waals surface area contributed by atoms with Crippen molar-refractivity contribution in [2.75, 3.05) is 7.11 Å². The van der Waals surface area contributed by atoms with Gasteiger partial charge in [-0.3, -0.25) is 9.59 Å². The van der Waals surface area contributed by atoms with Gasteiger partial charge in [-0.15, -0.1) is 5.10 Å². The Kier molecular flexibility index (Phi) is 2.87. The summed E-state index contributed by atoms with van der Waals surface area (Å²) in [6.07, 6.45) is 0. The van der Waals surface area contributed by atoms with Crippen molar-refractivity contribution in [2.45, 2.75) is 0 Å². The van der Waals surface area contributed by atoms with E-state index in [0.717, 1.165) is 5.69 Å². The second-order valence-corrected chi connectivity index (χ2v) is 5.18. The molecule has 23 heavy (non-hydrogen) atoms. The number of hydrogen-bond donors (Lipinski definition) is 0. The lowest BCUT2D eigenvalue weighted by Crippen LogP contribution is -2.21. The lowest BCUT2D eigenvalue weighted by molar-refractivity contribution is 0.0813. The summed E-state index contributed by atoms with van der Waals surface area (Å²) in [6.45, 7) is 0. The fraction of sp³-hybridized carbons (Fsp3) is 0.0556. The van der Waals surface area contributed by atoms with Crippen LogP contribution in [0, 0.1) is 0 Å². The van der Waals surface area contributed by atoms with Gasteiger partial charge in [-0.2, -0.15) is 0 Å². The van der Waals surface area contributed by atoms with Crippen LogP contribution >= 0.6 is 0 Å². The molecular weight excluding hydrogens is 292 g/mol. The van der Waals surface area contributed by atoms with Gasteiger partial charge in [0, 0.05) is 11.1 Å². The van der Waals surface area contributed by atoms with Gasteiger partial charge in [-0.05, 0) is 12.1 Å². The van der Waals surface area contributed by atoms with Gasteiger partial charge < -0.3 is 4.74 Å². The van der Waals surface area contributed by atoms with Crippen LogP contribution in [-0.4, -0.2) is 28.5 Å². The lowest BCUT2D eigenvalue weighted by Gasteiger charge is -2.16. The molecule has 0 spiro atoms. The highest BCUT2D eigenvalue weighted by molar-refractivity contribution is 6.53. The standard InChI is InChI=1S/C18H12N2O3/c1-23-18-14-15(20(19-18)11-7-3-2-4-8-11)12-9-5-6-10-13(12)16(21)17(14)22/h2-10H,1H3. The molecule has 112 valence electrons. The van der Waals surface area contributed by atoms with Crippen molar-refractivity contribution in [3.63, 3.8) is 0 Å². The number of rotatable bonds is 2. The number of fused-ring (bicyclic) bond motifs is 3. The van der Waals surface area contributed by atoms with Crippen LogP contribution in [0.2, 0.25) is 0 Å². The van der Waals surface area contributed by atoms with Crippen molar-refractivity contribution in [2.24, 2.45) is 0 Å². The first-order valence-corrected chi connectivity index (χ1v) is 7.13. The minimum atomic E-state index is -0.585. The molecule has 1 heterocycles. The average molecular weight is 304 g/mol. The Bertz CT molecular complexity index is 942. The van der Waals surface area contributed by atoms with E-state index < -0.39 is 11.6 Å². The third-order valence-corrected chi connectivity index (χ3v) is 3.91. The third kappa shape index (κ3) is 1.83. The molecule has 0 atom stereocenters. The highest BCUT2D eigenvalue weighted by Crippen LogP contribution is 2.39. The van der Waals surface area contributed by atoms with E-state index in [1.54, 1.807) is 16.8 Å². The van der Waals surface area contributed by atoms with Gasteiger partial charge in [0.1, 0.15) is 5.56 Å². The Morgan fingerprint density at radius 3 is 2.22 bits per heavy atom. The lowest BCUT2D eigenvalue weighted by atomic mass is 9.88. The molecule has 1 aromatic heterocycles. The number of benzene rings is 2. The number of ketones is 2. The van der Waals surface area contributed by atoms with E-state index in [4.69, 9.17) is 4.74 Å². The summed E-state index contributed by atoms with van der Waals surface area (Å²) in [5.41, 5.74) is 2.69. The number of methoxy groups -OCH3 is 1. The molecule has 0 bridgehead atoms. The Morgan fingerprint density at radius 2 is 1.52 bits per heavy atom. The van der Waals surface area contributed by atoms with E-state index in [0.29, 0.717) is 16.8 Å². The quantitative estimate of drug-likeness (QED) is 0.683. The second-order valence-electron chi connectivity index (χ2n) is 5.18. The van der Waals surface area contributed by atoms with E-state index >= 15 is 0 Å². The monoisotopic (exact) mass is 304 g/mol. The van der Waals surface area contributed by atoms with Crippen LogP contribution < -0.4 is 4.74 Å². The molecule has 0 aliphatic heterocycles. The summed E-state index contributed by atoms with van der Waals surface area (Å²) in [4.78, 5) is 24.9. The molecule has 5 heteroatoms. The zero-order valence-electron chi connectivity index (χ0n) is 12.3. The van der Waals surface area contributed by atoms with Gasteiger partial charge in [-0.25, -0.2) is 4.68 Å². The largest absolute Gasteiger partial charge is 0.479 e. The van der Waals surface area contributed by atoms with Crippen LogP contribution in [0.1, 0.15) is 20.7 Å². The van der Waals surface area contributed by atoms with Crippen molar-refractivity contribution >= 4 is 11.6 Å². The zero-order valence-corrected chi connectivity index (χ0v) is 12.3. The molecule has 0 radical (unpaired) electrons. The smallest absolute Gasteiger partial charge is 0.245 e. The van der Waals surface area contributed by atoms with Crippen molar-refractivity contribution in [3.05, 3.63) is 65.7 Å². The Hall–Kier alpha value is -3.21. The van der Waals surface area contributed by atoms with Gasteiger partial charge in [0.15, 0.2) is 0 Å². The third-order valence-electron chi connectivity index (χ3n) is 3.91. The SMILES string of the molecule is COc1nn(-c2ccccc2)c2c1C(=O)C(=O)c1ccccc1-2. The Morgan fingerprint density at radius 1 is 0.870 bits per heavy atom. The van der Waals surface area contributed by atoms with Crippen LogP contribution in [0.4, 0.5) is 0 Å². The van der Waals surface area contributed by atoms with Gasteiger partial charge in [0.2, 0.25) is 17.4 Å². The molecule has 2 aromatic carbocycles. The maximum absolute atomic E-state index is 12.5. The summed E-state index contributed by atoms with van der Waals surface area (Å²) in [5, 5.41) is 4.39. The van der Waals surface area contributed by atoms with Crippen LogP contribution in [0.3, 0.4) is 0 Å². The van der Waals surface area contributed by atoms with Crippen LogP contribution in [0.25, 0.3) is 16.9 Å². The number of hydrogen-bond acceptors (Lipinski definition) is 4. The van der Waals surface area contributed by atoms with Gasteiger partial charge in [-0.1, -0.05) is 42.5 Å². The second kappa shape index (κ2) is 4.91. The average Bonchev–Trinajstić information content (AvgIpc) is 3.00. The maximum Gasteiger partial charge on any atom is 0.245 e. The highest BCUT2D eigenvalue weighted by atomic mass is 16.5. The number of Topliss-reactive ketones (excluding diaryl/α,β-unsaturated/α-hetero) is 2. The topological polar surface area (TPSA) is 61.2 Å². The normalized spacial score (nSPS) is 12.7. The van der Waals surface area contributed by atoms with Crippen molar-refractivity contribution in [3.8, 4) is 22.8 Å². The van der Waals surface area contributed by atoms with Crippen molar-refractivity contribution < 1.29 is 14.3 Å². The first kappa shape index (κ1) is 13.5. The molecular formula is C18H12N2O3. The van der Waals surface area contributed by atoms with Gasteiger partial charge >= 0.3 is 0 Å². The highest BCUT2D eigenvalue weighted by Gasteiger charge is 2.37. The number of aromatic nitrogens is 2. The van der Waals surface area contributed by atoms with Crippen LogP contribution in [0.15, 0.2) is 54.6 Å². The van der Waals surface area contributed by atoms with Crippen LogP contribution in [-0.2, 0) is 0 Å². The maximum atomic E-state index is 12.5. The summed E-state index contributed by atoms with van der Waals surface area (Å²) in [5.74, 6) is -0.951. The fourth-order valence-electron chi connectivity index (χ4n) is 2.87. The minimum Gasteiger partial charge on any atom is -0.479 e. The molecule has 4 rings (SSSR count). The summed E-state index contributed by atoms with van der Waals surface area (Å²) < 4.78 is 6.89. The molecule has 1 aliphatic rings. The molecule has 3 aromatic rings. The number of carbonyl (C=O) groups is 2. The first-order chi connectivity index (χ1) is 11.2. The van der Waals surface area contributed by atoms with Crippen LogP contribution in [0.5, 0.6) is 5.88 Å². The van der Waals surface area contributed by atoms with E-state index in [1.807, 2.05) is 42.5 Å². The molecule has 0 saturated heterocycles. The number of ether oxygens (including phenoxy) is 1. The van der Waals surface area contributed by atoms with Gasteiger partial charge in [0.05, 0.1) is 18.5 Å². The van der Waals surface area contributed by atoms with E-state index in [2.05, 4.69) is 5.10 Å². The zero-order chi connectivity index (χ0) is 16.0. The molecule has 0 amide bonds. The molecule has 0 saturated carbocycles. The first-order valence-electron chi connectivity index (χ1n) is 7.13. The Balaban J connectivity index is 2.10. The summed E-state index contributed by atoms with van der Waals surface area (Å²) in [6, 6.07) is 16.5. The van der Waals surface area contributed by atoms with Crippen molar-refractivity contribution in [1.29, 1.82) is 0 Å². The predicted molar refractivity (Wildman–Crippen MR) is 84.2 cm³/mol. The number of carbonyl (C=O) groups excluding carboxylic acids is 2. The van der Waals surface area contributed by atoms with E-state index in [-0.39, 0.29) is 11.4 Å². The number of nitrogens with zero attached hydrogens (tertiary/aromatic N) is 2. The van der Waals surface area contributed by atoms with Gasteiger partial charge in [0.25, 0.3) is 0 Å². The van der Waals surface area contributed by atoms with E-state index in [1.165, 1.54) is 7.11 Å². The fourth-order valence-corrected chi connectivity index (χ4v) is 2.87. The molecule has 1 aliphatic carbocycles. The predicted octanol–water partition coefficient (Wildman–Crippen LogP) is 2.93. The molecule has 5 nitrogen and oxygen atoms in total. The molecule has 0 fully saturated rings.